The number of nitrogens with one attached hydrogen (secondary N) is 2. The maximum absolute atomic E-state index is 13.2. The zero-order valence-electron chi connectivity index (χ0n) is 85.4. The molecule has 35 heteroatoms. The quantitative estimate of drug-likeness (QED) is 0.00891. The Morgan fingerprint density at radius 1 is 0.462 bits per heavy atom. The third kappa shape index (κ3) is 34.4. The van der Waals surface area contributed by atoms with Crippen LogP contribution in [0, 0.1) is 29.6 Å². The van der Waals surface area contributed by atoms with Gasteiger partial charge in [0.05, 0.1) is 104 Å². The highest BCUT2D eigenvalue weighted by Gasteiger charge is 2.49. The topological polar surface area (TPSA) is 400 Å². The lowest BCUT2D eigenvalue weighted by Gasteiger charge is -2.37. The Morgan fingerprint density at radius 2 is 0.804 bits per heavy atom. The number of para-hydroxylation sites is 2. The van der Waals surface area contributed by atoms with Gasteiger partial charge in [0.15, 0.2) is 0 Å². The Labute approximate surface area is 851 Å². The number of carbonyl (C=O) groups excluding carboxylic acids is 4. The summed E-state index contributed by atoms with van der Waals surface area (Å²) in [5.41, 5.74) is 8.32. The first kappa shape index (κ1) is 117. The number of hydrogen-bond acceptors (Lipinski definition) is 29. The summed E-state index contributed by atoms with van der Waals surface area (Å²) >= 11 is 10.3. The van der Waals surface area contributed by atoms with Gasteiger partial charge in [-0.05, 0) is 177 Å². The third-order valence-electron chi connectivity index (χ3n) is 24.8. The molecule has 0 aromatic heterocycles. The van der Waals surface area contributed by atoms with Crippen molar-refractivity contribution < 1.29 is 133 Å². The van der Waals surface area contributed by atoms with Gasteiger partial charge in [-0.15, -0.1) is 0 Å². The molecule has 14 rings (SSSR count). The van der Waals surface area contributed by atoms with Crippen molar-refractivity contribution in [3.05, 3.63) is 252 Å². The molecular formula is C108H147Cl2N3O28P2. The van der Waals surface area contributed by atoms with Crippen LogP contribution >= 0.6 is 36.3 Å². The molecule has 6 heterocycles. The summed E-state index contributed by atoms with van der Waals surface area (Å²) in [6.07, 6.45) is -5.75. The van der Waals surface area contributed by atoms with Crippen LogP contribution < -0.4 is 44.1 Å². The normalized spacial score (nSPS) is 24.6. The molecule has 786 valence electrons. The number of amides is 1. The SMILES string of the molecule is CC(C)[C@H]1CC(OC(=O)[C@H](C)N)[C@@H](CO)O1.CC(C)[C@H]1CC2OC(=O)[C@H](C)NP(=O)(Oc3ccccc3)OC[C@H]2O1.CC(C)[C@H]1C[C@H](O)[C@@H](CO)O1.COc1ccc(C(OC[C@H]2O[C@@H](C(C)C)CC2OC(=O)[C@H](C)NC(=O)OC(C)(C)C)(c2ccccc2)c2ccc(OC)cc2)cc1.COc1ccc(C(OC[C@H]2O[C@@H](C(C)C)C[C@@H]2O)(c2ccccc2)c2ccc(OC)cc2)cc1.O=P(Cl)(Cl)Oc1ccccc1. The molecule has 6 aliphatic heterocycles. The van der Waals surface area contributed by atoms with Crippen molar-refractivity contribution in [2.24, 2.45) is 35.3 Å². The lowest BCUT2D eigenvalue weighted by Crippen LogP contribution is -2.45. The van der Waals surface area contributed by atoms with E-state index in [2.05, 4.69) is 68.6 Å². The molecule has 0 aliphatic carbocycles. The van der Waals surface area contributed by atoms with Gasteiger partial charge < -0.3 is 112 Å². The molecule has 6 aliphatic rings. The largest absolute Gasteiger partial charge is 0.497 e. The van der Waals surface area contributed by atoms with Gasteiger partial charge in [0.1, 0.15) is 118 Å². The summed E-state index contributed by atoms with van der Waals surface area (Å²) in [6.45, 7) is 30.8. The average Bonchev–Trinajstić information content (AvgIpc) is 1.47. The summed E-state index contributed by atoms with van der Waals surface area (Å²) < 4.78 is 127. The molecule has 6 fully saturated rings. The van der Waals surface area contributed by atoms with E-state index in [0.717, 1.165) is 56.4 Å². The van der Waals surface area contributed by atoms with Gasteiger partial charge in [-0.2, -0.15) is 5.09 Å². The van der Waals surface area contributed by atoms with Crippen LogP contribution in [0.4, 0.5) is 4.79 Å². The summed E-state index contributed by atoms with van der Waals surface area (Å²) in [5, 5.41) is 43.1. The Morgan fingerprint density at radius 3 is 1.17 bits per heavy atom. The lowest BCUT2D eigenvalue weighted by molar-refractivity contribution is -0.157. The number of benzene rings is 8. The van der Waals surface area contributed by atoms with E-state index in [9.17, 15) is 38.5 Å². The molecule has 0 saturated carbocycles. The zero-order valence-corrected chi connectivity index (χ0v) is 88.7. The molecule has 4 unspecified atom stereocenters. The molecule has 8 aromatic carbocycles. The highest BCUT2D eigenvalue weighted by atomic mass is 35.9. The van der Waals surface area contributed by atoms with Crippen molar-refractivity contribution in [3.8, 4) is 34.5 Å². The number of esters is 3. The Hall–Kier alpha value is -9.28. The van der Waals surface area contributed by atoms with E-state index in [4.69, 9.17) is 119 Å². The van der Waals surface area contributed by atoms with Gasteiger partial charge in [0, 0.05) is 54.6 Å². The lowest BCUT2D eigenvalue weighted by atomic mass is 9.80. The van der Waals surface area contributed by atoms with Gasteiger partial charge in [-0.3, -0.25) is 14.1 Å². The molecule has 31 nitrogen and oxygen atoms in total. The second-order valence-corrected chi connectivity index (χ2v) is 44.4. The molecular weight excluding hydrogens is 1920 g/mol. The molecule has 8 N–H and O–H groups in total. The molecule has 8 aromatic rings. The van der Waals surface area contributed by atoms with Crippen molar-refractivity contribution in [3.63, 3.8) is 0 Å². The Bertz CT molecular complexity index is 5130. The number of ether oxygens (including phenoxy) is 15. The zero-order chi connectivity index (χ0) is 105. The van der Waals surface area contributed by atoms with Crippen LogP contribution in [0.3, 0.4) is 0 Å². The standard InChI is InChI=1S/C37H47NO8.C29H34O5.C17H24NO6P.C11H21NO4.C8H16O3.C6H5Cl2O2P/c1-24(2)31-22-32(45-34(39)25(3)38-35(40)46-36(4,5)6)33(44-31)23-43-37(26-12-10-9-11-13-26,27-14-18-29(41-7)19-15-27)28-16-20-30(42-8)21-17-28;1-20(2)27-18-26(30)28(34-27)19-33-29(21-8-6-5-7-9-21,22-10-14-24(31-3)15-11-22)23-12-16-25(32-4)17-13-23;1-11(2)14-9-15-16(22-14)10-21-25(20,18-12(3)17(19)23-15)24-13-7-5-4-6-8-13;1-6(2)8-4-9(10(5-13)15-8)16-11(14)7(3)12;1-5(2)7-3-6(10)8(4-9)11-7;7-11(8,9)10-6-4-2-1-3-5-6/h9-21,24-25,31-33H,22-23H2,1-8H3,(H,38,40);5-17,20,26-28,30H,18-19H2,1-4H3;4-8,11-12,14-16H,9-10H2,1-3H3,(H,18,20);6-10,13H,4-5,12H2,1-3H3;5-10H,3-4H2,1-2H3;1-5H/t25-,31+,32?,33+;26-,27+,28+;12-,14+,15?,16+,25?;7-,8+,9?,10+;6-,7+,8+;/m00000./s1. The van der Waals surface area contributed by atoms with Gasteiger partial charge in [0.25, 0.3) is 0 Å². The fraction of sp³-hybridized carbons (Fsp3) is 0.519. The second-order valence-electron chi connectivity index (χ2n) is 38.5. The van der Waals surface area contributed by atoms with Crippen molar-refractivity contribution in [2.75, 3.05) is 61.5 Å². The number of carbonyl (C=O) groups is 4. The highest BCUT2D eigenvalue weighted by Crippen LogP contribution is 2.57. The number of alkyl carbamates (subject to hydrolysis) is 1. The predicted molar refractivity (Wildman–Crippen MR) is 545 cm³/mol. The molecule has 6 saturated heterocycles. The number of aliphatic hydroxyl groups is 4. The number of fused-ring (bicyclic) bond motifs is 1. The minimum Gasteiger partial charge on any atom is -0.497 e. The van der Waals surface area contributed by atoms with Gasteiger partial charge >= 0.3 is 37.8 Å². The van der Waals surface area contributed by atoms with E-state index in [1.54, 1.807) is 125 Å². The molecule has 19 atom stereocenters. The number of nitrogens with two attached hydrogens (primary N) is 1. The minimum atomic E-state index is -3.75. The van der Waals surface area contributed by atoms with Gasteiger partial charge in [-0.25, -0.2) is 18.7 Å². The molecule has 0 spiro atoms. The van der Waals surface area contributed by atoms with Crippen LogP contribution in [0.25, 0.3) is 0 Å². The maximum atomic E-state index is 13.2. The van der Waals surface area contributed by atoms with E-state index in [0.29, 0.717) is 61.4 Å². The maximum Gasteiger partial charge on any atom is 0.459 e. The smallest absolute Gasteiger partial charge is 0.459 e. The summed E-state index contributed by atoms with van der Waals surface area (Å²) in [4.78, 5) is 49.2. The number of hydrogen-bond donors (Lipinski definition) is 7. The number of halogens is 2. The fourth-order valence-corrected chi connectivity index (χ4v) is 19.0. The fourth-order valence-electron chi connectivity index (χ4n) is 16.7. The number of aliphatic hydroxyl groups excluding tert-OH is 4. The first-order valence-electron chi connectivity index (χ1n) is 48.6. The van der Waals surface area contributed by atoms with Crippen LogP contribution in [0.15, 0.2) is 218 Å². The summed E-state index contributed by atoms with van der Waals surface area (Å²) in [7, 11) is 2.83. The van der Waals surface area contributed by atoms with E-state index in [1.807, 2.05) is 179 Å². The van der Waals surface area contributed by atoms with Crippen molar-refractivity contribution in [1.82, 2.24) is 10.4 Å². The molecule has 143 heavy (non-hydrogen) atoms. The van der Waals surface area contributed by atoms with E-state index < -0.39 is 122 Å². The van der Waals surface area contributed by atoms with Gasteiger partial charge in [-0.1, -0.05) is 215 Å². The molecule has 0 radical (unpaired) electrons. The molecule has 1 amide bonds. The summed E-state index contributed by atoms with van der Waals surface area (Å²) in [6, 6.07) is 66.4. The van der Waals surface area contributed by atoms with Crippen LogP contribution in [0.1, 0.15) is 176 Å². The van der Waals surface area contributed by atoms with E-state index >= 15 is 0 Å². The average molecular weight is 2070 g/mol. The first-order chi connectivity index (χ1) is 67.9. The second kappa shape index (κ2) is 55.5. The van der Waals surface area contributed by atoms with Crippen LogP contribution in [-0.4, -0.2) is 221 Å². The number of methoxy groups -OCH3 is 4. The third-order valence-corrected chi connectivity index (χ3v) is 27.3. The van der Waals surface area contributed by atoms with Crippen molar-refractivity contribution in [2.45, 2.75) is 269 Å². The Balaban J connectivity index is 0.000000206. The number of rotatable bonds is 32. The van der Waals surface area contributed by atoms with E-state index in [-0.39, 0.29) is 87.6 Å². The monoisotopic (exact) mass is 2070 g/mol. The van der Waals surface area contributed by atoms with Crippen LogP contribution in [0.2, 0.25) is 0 Å². The van der Waals surface area contributed by atoms with E-state index in [1.165, 1.54) is 0 Å². The minimum absolute atomic E-state index is 0.0188. The summed E-state index contributed by atoms with van der Waals surface area (Å²) in [5.74, 6) is 3.84. The van der Waals surface area contributed by atoms with Crippen LogP contribution in [-0.2, 0) is 91.3 Å². The van der Waals surface area contributed by atoms with Crippen LogP contribution in [0.5, 0.6) is 34.5 Å². The Kier molecular flexibility index (Phi) is 45.5. The molecule has 0 bridgehead atoms. The predicted octanol–water partition coefficient (Wildman–Crippen LogP) is 18.6. The first-order valence-corrected chi connectivity index (χ1v) is 53.6. The van der Waals surface area contributed by atoms with Crippen molar-refractivity contribution >= 4 is 60.3 Å². The highest BCUT2D eigenvalue weighted by molar-refractivity contribution is 8.05. The van der Waals surface area contributed by atoms with Crippen molar-refractivity contribution in [1.29, 1.82) is 0 Å². The van der Waals surface area contributed by atoms with Gasteiger partial charge in [0.2, 0.25) is 0 Å².